The molecule has 0 saturated heterocycles. The second-order valence-electron chi connectivity index (χ2n) is 3.60. The van der Waals surface area contributed by atoms with Gasteiger partial charge in [-0.05, 0) is 6.07 Å². The van der Waals surface area contributed by atoms with Crippen molar-refractivity contribution in [2.45, 2.75) is 0 Å². The van der Waals surface area contributed by atoms with Crippen LogP contribution in [0, 0.1) is 10.1 Å². The van der Waals surface area contributed by atoms with Crippen LogP contribution < -0.4 is 5.32 Å². The Morgan fingerprint density at radius 2 is 2.11 bits per heavy atom. The number of carbonyl (C=O) groups excluding carboxylic acids is 1. The summed E-state index contributed by atoms with van der Waals surface area (Å²) in [6.45, 7) is 0. The fourth-order valence-corrected chi connectivity index (χ4v) is 1.49. The number of anilines is 1. The summed E-state index contributed by atoms with van der Waals surface area (Å²) in [5, 5.41) is 17.3. The van der Waals surface area contributed by atoms with E-state index in [1.54, 1.807) is 25.4 Å². The molecule has 0 fully saturated rings. The van der Waals surface area contributed by atoms with Gasteiger partial charge in [0.15, 0.2) is 5.82 Å². The van der Waals surface area contributed by atoms with Gasteiger partial charge in [-0.3, -0.25) is 19.6 Å². The van der Waals surface area contributed by atoms with Gasteiger partial charge in [0.1, 0.15) is 5.56 Å². The molecule has 92 valence electrons. The Morgan fingerprint density at radius 3 is 2.72 bits per heavy atom. The number of amides is 1. The van der Waals surface area contributed by atoms with Crippen LogP contribution in [0.25, 0.3) is 0 Å². The second kappa shape index (κ2) is 4.66. The molecule has 2 aromatic rings. The Kier molecular flexibility index (Phi) is 3.05. The van der Waals surface area contributed by atoms with Gasteiger partial charge in [0.05, 0.1) is 4.92 Å². The summed E-state index contributed by atoms with van der Waals surface area (Å²) in [6, 6.07) is 7.37. The average Bonchev–Trinajstić information content (AvgIpc) is 2.74. The van der Waals surface area contributed by atoms with Crippen LogP contribution >= 0.6 is 0 Å². The fourth-order valence-electron chi connectivity index (χ4n) is 1.49. The zero-order valence-electron chi connectivity index (χ0n) is 9.53. The summed E-state index contributed by atoms with van der Waals surface area (Å²) in [6.07, 6.45) is 1.66. The number of nitro benzene ring substituents is 1. The highest BCUT2D eigenvalue weighted by atomic mass is 16.6. The molecule has 0 saturated carbocycles. The monoisotopic (exact) mass is 246 g/mol. The number of hydrogen-bond acceptors (Lipinski definition) is 4. The lowest BCUT2D eigenvalue weighted by atomic mass is 10.1. The molecule has 0 spiro atoms. The molecule has 0 aliphatic rings. The first-order chi connectivity index (χ1) is 8.58. The molecule has 0 radical (unpaired) electrons. The molecule has 1 N–H and O–H groups in total. The summed E-state index contributed by atoms with van der Waals surface area (Å²) < 4.78 is 1.52. The van der Waals surface area contributed by atoms with Crippen LogP contribution in [-0.2, 0) is 7.05 Å². The minimum absolute atomic E-state index is 0.00755. The first-order valence-corrected chi connectivity index (χ1v) is 5.12. The molecule has 0 aliphatic carbocycles. The number of nitro groups is 1. The van der Waals surface area contributed by atoms with Crippen molar-refractivity contribution >= 4 is 17.4 Å². The lowest BCUT2D eigenvalue weighted by molar-refractivity contribution is -0.385. The molecular formula is C11H10N4O3. The van der Waals surface area contributed by atoms with Crippen LogP contribution in [0.4, 0.5) is 11.5 Å². The summed E-state index contributed by atoms with van der Waals surface area (Å²) >= 11 is 0. The molecule has 0 bridgehead atoms. The predicted molar refractivity (Wildman–Crippen MR) is 64.3 cm³/mol. The van der Waals surface area contributed by atoms with Gasteiger partial charge in [-0.1, -0.05) is 12.1 Å². The van der Waals surface area contributed by atoms with Gasteiger partial charge in [0.25, 0.3) is 11.6 Å². The summed E-state index contributed by atoms with van der Waals surface area (Å²) in [4.78, 5) is 22.1. The molecule has 0 atom stereocenters. The number of carbonyl (C=O) groups is 1. The first-order valence-electron chi connectivity index (χ1n) is 5.12. The minimum atomic E-state index is -0.590. The van der Waals surface area contributed by atoms with Crippen molar-refractivity contribution in [2.24, 2.45) is 7.05 Å². The van der Waals surface area contributed by atoms with Crippen molar-refractivity contribution in [3.63, 3.8) is 0 Å². The third kappa shape index (κ3) is 2.34. The highest BCUT2D eigenvalue weighted by molar-refractivity contribution is 6.06. The van der Waals surface area contributed by atoms with Crippen molar-refractivity contribution < 1.29 is 9.72 Å². The molecule has 1 amide bonds. The van der Waals surface area contributed by atoms with E-state index in [-0.39, 0.29) is 11.3 Å². The normalized spacial score (nSPS) is 10.1. The number of para-hydroxylation sites is 1. The van der Waals surface area contributed by atoms with Gasteiger partial charge < -0.3 is 5.32 Å². The number of nitrogens with zero attached hydrogens (tertiary/aromatic N) is 3. The van der Waals surface area contributed by atoms with Gasteiger partial charge in [-0.2, -0.15) is 5.10 Å². The quantitative estimate of drug-likeness (QED) is 0.657. The van der Waals surface area contributed by atoms with Crippen LogP contribution in [0.3, 0.4) is 0 Å². The minimum Gasteiger partial charge on any atom is -0.305 e. The van der Waals surface area contributed by atoms with E-state index in [1.165, 1.54) is 22.9 Å². The molecule has 1 heterocycles. The van der Waals surface area contributed by atoms with E-state index in [4.69, 9.17) is 0 Å². The largest absolute Gasteiger partial charge is 0.305 e. The summed E-state index contributed by atoms with van der Waals surface area (Å²) in [5.74, 6) is -0.207. The summed E-state index contributed by atoms with van der Waals surface area (Å²) in [5.41, 5.74) is -0.223. The molecule has 0 unspecified atom stereocenters. The van der Waals surface area contributed by atoms with Gasteiger partial charge in [-0.15, -0.1) is 0 Å². The average molecular weight is 246 g/mol. The maximum Gasteiger partial charge on any atom is 0.282 e. The Balaban J connectivity index is 2.26. The molecule has 2 rings (SSSR count). The van der Waals surface area contributed by atoms with Gasteiger partial charge in [0.2, 0.25) is 0 Å². The Labute approximate surface area is 102 Å². The number of benzene rings is 1. The van der Waals surface area contributed by atoms with Crippen LogP contribution in [0.2, 0.25) is 0 Å². The molecule has 7 heteroatoms. The lowest BCUT2D eigenvalue weighted by Crippen LogP contribution is -2.14. The van der Waals surface area contributed by atoms with Crippen LogP contribution in [0.15, 0.2) is 36.5 Å². The smallest absolute Gasteiger partial charge is 0.282 e. The van der Waals surface area contributed by atoms with E-state index in [0.717, 1.165) is 0 Å². The maximum atomic E-state index is 11.9. The number of nitrogens with one attached hydrogen (secondary N) is 1. The number of aryl methyl sites for hydroxylation is 1. The van der Waals surface area contributed by atoms with E-state index >= 15 is 0 Å². The zero-order valence-corrected chi connectivity index (χ0v) is 9.53. The number of aromatic nitrogens is 2. The predicted octanol–water partition coefficient (Wildman–Crippen LogP) is 1.58. The van der Waals surface area contributed by atoms with Crippen molar-refractivity contribution in [1.29, 1.82) is 0 Å². The van der Waals surface area contributed by atoms with Crippen LogP contribution in [-0.4, -0.2) is 20.6 Å². The molecule has 0 aliphatic heterocycles. The van der Waals surface area contributed by atoms with E-state index in [1.807, 2.05) is 0 Å². The molecule has 18 heavy (non-hydrogen) atoms. The first kappa shape index (κ1) is 11.8. The van der Waals surface area contributed by atoms with Crippen molar-refractivity contribution in [3.8, 4) is 0 Å². The van der Waals surface area contributed by atoms with Crippen LogP contribution in [0.5, 0.6) is 0 Å². The van der Waals surface area contributed by atoms with Crippen molar-refractivity contribution in [3.05, 3.63) is 52.2 Å². The van der Waals surface area contributed by atoms with Gasteiger partial charge >= 0.3 is 0 Å². The van der Waals surface area contributed by atoms with Crippen molar-refractivity contribution in [2.75, 3.05) is 5.32 Å². The van der Waals surface area contributed by atoms with E-state index < -0.39 is 10.8 Å². The maximum absolute atomic E-state index is 11.9. The second-order valence-corrected chi connectivity index (χ2v) is 3.60. The summed E-state index contributed by atoms with van der Waals surface area (Å²) in [7, 11) is 1.71. The Bertz CT molecular complexity index is 606. The number of hydrogen-bond donors (Lipinski definition) is 1. The topological polar surface area (TPSA) is 90.1 Å². The molecule has 1 aromatic carbocycles. The Morgan fingerprint density at radius 1 is 1.39 bits per heavy atom. The fraction of sp³-hybridized carbons (Fsp3) is 0.0909. The zero-order chi connectivity index (χ0) is 13.1. The highest BCUT2D eigenvalue weighted by Crippen LogP contribution is 2.18. The standard InChI is InChI=1S/C11H10N4O3/c1-14-7-6-10(13-14)12-11(16)8-4-2-3-5-9(8)15(17)18/h2-7H,1H3,(H,12,13,16). The molecular weight excluding hydrogens is 236 g/mol. The third-order valence-electron chi connectivity index (χ3n) is 2.30. The van der Waals surface area contributed by atoms with Crippen LogP contribution in [0.1, 0.15) is 10.4 Å². The van der Waals surface area contributed by atoms with Gasteiger partial charge in [0, 0.05) is 25.4 Å². The van der Waals surface area contributed by atoms with E-state index in [2.05, 4.69) is 10.4 Å². The van der Waals surface area contributed by atoms with E-state index in [0.29, 0.717) is 5.82 Å². The van der Waals surface area contributed by atoms with Crippen molar-refractivity contribution in [1.82, 2.24) is 9.78 Å². The Hall–Kier alpha value is -2.70. The lowest BCUT2D eigenvalue weighted by Gasteiger charge is -2.02. The SMILES string of the molecule is Cn1ccc(NC(=O)c2ccccc2[N+](=O)[O-])n1. The third-order valence-corrected chi connectivity index (χ3v) is 2.30. The molecule has 7 nitrogen and oxygen atoms in total. The van der Waals surface area contributed by atoms with E-state index in [9.17, 15) is 14.9 Å². The molecule has 1 aromatic heterocycles. The van der Waals surface area contributed by atoms with Gasteiger partial charge in [-0.25, -0.2) is 0 Å². The number of rotatable bonds is 3. The highest BCUT2D eigenvalue weighted by Gasteiger charge is 2.19.